The second-order valence-corrected chi connectivity index (χ2v) is 4.90. The molecule has 0 aliphatic rings. The highest BCUT2D eigenvalue weighted by molar-refractivity contribution is 7.80. The first-order valence-electron chi connectivity index (χ1n) is 5.98. The molecule has 0 unspecified atom stereocenters. The summed E-state index contributed by atoms with van der Waals surface area (Å²) in [5.41, 5.74) is 1.25. The quantitative estimate of drug-likeness (QED) is 0.661. The summed E-state index contributed by atoms with van der Waals surface area (Å²) in [6, 6.07) is 10.5. The second kappa shape index (κ2) is 7.25. The van der Waals surface area contributed by atoms with Crippen molar-refractivity contribution in [2.45, 2.75) is 13.0 Å². The molecule has 0 aliphatic carbocycles. The van der Waals surface area contributed by atoms with E-state index in [2.05, 4.69) is 43.8 Å². The molecule has 1 rings (SSSR count). The molecule has 0 bridgehead atoms. The summed E-state index contributed by atoms with van der Waals surface area (Å²) >= 11 is 5.25. The highest BCUT2D eigenvalue weighted by Gasteiger charge is 2.05. The van der Waals surface area contributed by atoms with E-state index in [0.29, 0.717) is 0 Å². The molecule has 0 saturated carbocycles. The Morgan fingerprint density at radius 1 is 1.29 bits per heavy atom. The van der Waals surface area contributed by atoms with Gasteiger partial charge in [-0.1, -0.05) is 30.3 Å². The predicted octanol–water partition coefficient (Wildman–Crippen LogP) is 0.356. The van der Waals surface area contributed by atoms with Crippen molar-refractivity contribution in [1.82, 2.24) is 10.6 Å². The van der Waals surface area contributed by atoms with Crippen LogP contribution >= 0.6 is 12.2 Å². The van der Waals surface area contributed by atoms with Crippen LogP contribution < -0.4 is 15.5 Å². The number of nitrogens with one attached hydrogen (secondary N) is 3. The number of hydrogen-bond donors (Lipinski definition) is 3. The Labute approximate surface area is 109 Å². The molecule has 94 valence electrons. The fourth-order valence-corrected chi connectivity index (χ4v) is 1.78. The molecule has 1 atom stereocenters. The van der Waals surface area contributed by atoms with Crippen LogP contribution in [0.25, 0.3) is 0 Å². The third kappa shape index (κ3) is 5.65. The van der Waals surface area contributed by atoms with Crippen molar-refractivity contribution >= 4 is 17.3 Å². The molecule has 0 spiro atoms. The number of likely N-dealkylation sites (N-methyl/N-ethyl adjacent to an activating group) is 1. The van der Waals surface area contributed by atoms with Crippen molar-refractivity contribution in [3.05, 3.63) is 35.9 Å². The molecule has 4 heteroatoms. The van der Waals surface area contributed by atoms with Crippen LogP contribution in [0.2, 0.25) is 0 Å². The maximum absolute atomic E-state index is 5.25. The van der Waals surface area contributed by atoms with Crippen LogP contribution in [0.15, 0.2) is 30.3 Å². The minimum absolute atomic E-state index is 0.239. The normalized spacial score (nSPS) is 12.2. The molecule has 0 saturated heterocycles. The lowest BCUT2D eigenvalue weighted by atomic mass is 10.1. The third-order valence-corrected chi connectivity index (χ3v) is 2.82. The van der Waals surface area contributed by atoms with Crippen molar-refractivity contribution in [2.24, 2.45) is 0 Å². The van der Waals surface area contributed by atoms with E-state index in [1.54, 1.807) is 0 Å². The maximum Gasteiger partial charge on any atom is 0.166 e. The highest BCUT2D eigenvalue weighted by Crippen LogP contribution is 2.10. The van der Waals surface area contributed by atoms with Gasteiger partial charge in [-0.2, -0.15) is 0 Å². The van der Waals surface area contributed by atoms with Crippen molar-refractivity contribution < 1.29 is 4.90 Å². The summed E-state index contributed by atoms with van der Waals surface area (Å²) in [5.74, 6) is 0. The van der Waals surface area contributed by atoms with Gasteiger partial charge in [0.25, 0.3) is 0 Å². The Bertz CT molecular complexity index is 338. The topological polar surface area (TPSA) is 28.5 Å². The van der Waals surface area contributed by atoms with Gasteiger partial charge in [-0.3, -0.25) is 0 Å². The van der Waals surface area contributed by atoms with Crippen molar-refractivity contribution in [2.75, 3.05) is 27.2 Å². The summed E-state index contributed by atoms with van der Waals surface area (Å²) in [6.07, 6.45) is 0. The molecular formula is C13H22N3S+. The summed E-state index contributed by atoms with van der Waals surface area (Å²) in [6.45, 7) is 4.07. The van der Waals surface area contributed by atoms with Gasteiger partial charge in [0.2, 0.25) is 0 Å². The van der Waals surface area contributed by atoms with E-state index in [0.717, 1.165) is 18.2 Å². The molecule has 1 aromatic rings. The van der Waals surface area contributed by atoms with E-state index in [1.807, 2.05) is 18.2 Å². The number of benzene rings is 1. The summed E-state index contributed by atoms with van der Waals surface area (Å²) in [7, 11) is 4.26. The van der Waals surface area contributed by atoms with Gasteiger partial charge in [0.05, 0.1) is 33.2 Å². The first-order valence-corrected chi connectivity index (χ1v) is 6.38. The monoisotopic (exact) mass is 252 g/mol. The average Bonchev–Trinajstić information content (AvgIpc) is 2.29. The summed E-state index contributed by atoms with van der Waals surface area (Å²) < 4.78 is 0. The van der Waals surface area contributed by atoms with Gasteiger partial charge in [-0.25, -0.2) is 0 Å². The van der Waals surface area contributed by atoms with E-state index < -0.39 is 0 Å². The van der Waals surface area contributed by atoms with Gasteiger partial charge in [0.1, 0.15) is 0 Å². The molecule has 0 aliphatic heterocycles. The van der Waals surface area contributed by atoms with Gasteiger partial charge in [0.15, 0.2) is 5.11 Å². The van der Waals surface area contributed by atoms with Crippen LogP contribution in [0, 0.1) is 0 Å². The Morgan fingerprint density at radius 2 is 1.94 bits per heavy atom. The van der Waals surface area contributed by atoms with Crippen molar-refractivity contribution in [1.29, 1.82) is 0 Å². The fraction of sp³-hybridized carbons (Fsp3) is 0.462. The van der Waals surface area contributed by atoms with Gasteiger partial charge in [-0.05, 0) is 24.7 Å². The second-order valence-electron chi connectivity index (χ2n) is 4.49. The molecule has 3 nitrogen and oxygen atoms in total. The molecular weight excluding hydrogens is 230 g/mol. The van der Waals surface area contributed by atoms with Gasteiger partial charge in [0, 0.05) is 0 Å². The van der Waals surface area contributed by atoms with E-state index in [1.165, 1.54) is 10.5 Å². The standard InChI is InChI=1S/C13H21N3S/c1-11(12-7-5-4-6-8-12)15-13(17)14-9-10-16(2)3/h4-8,11H,9-10H2,1-3H3,(H2,14,15,17)/p+1/t11-/m0/s1. The molecule has 0 fully saturated rings. The Kier molecular flexibility index (Phi) is 5.94. The lowest BCUT2D eigenvalue weighted by molar-refractivity contribution is -0.856. The average molecular weight is 252 g/mol. The van der Waals surface area contributed by atoms with Gasteiger partial charge < -0.3 is 15.5 Å². The minimum atomic E-state index is 0.239. The number of thiocarbonyl (C=S) groups is 1. The van der Waals surface area contributed by atoms with Crippen LogP contribution in [-0.2, 0) is 0 Å². The fourth-order valence-electron chi connectivity index (χ4n) is 1.50. The SMILES string of the molecule is C[C@H](NC(=S)NCC[NH+](C)C)c1ccccc1. The smallest absolute Gasteiger partial charge is 0.166 e. The van der Waals surface area contributed by atoms with E-state index in [9.17, 15) is 0 Å². The lowest BCUT2D eigenvalue weighted by Gasteiger charge is -2.17. The zero-order chi connectivity index (χ0) is 12.7. The van der Waals surface area contributed by atoms with Crippen molar-refractivity contribution in [3.63, 3.8) is 0 Å². The van der Waals surface area contributed by atoms with Crippen LogP contribution in [0.5, 0.6) is 0 Å². The van der Waals surface area contributed by atoms with Crippen LogP contribution in [0.3, 0.4) is 0 Å². The molecule has 0 amide bonds. The first kappa shape index (κ1) is 13.9. The molecule has 1 aromatic carbocycles. The summed E-state index contributed by atoms with van der Waals surface area (Å²) in [5, 5.41) is 7.22. The molecule has 17 heavy (non-hydrogen) atoms. The van der Waals surface area contributed by atoms with E-state index in [4.69, 9.17) is 12.2 Å². The zero-order valence-electron chi connectivity index (χ0n) is 10.8. The van der Waals surface area contributed by atoms with E-state index in [-0.39, 0.29) is 6.04 Å². The van der Waals surface area contributed by atoms with Gasteiger partial charge >= 0.3 is 0 Å². The zero-order valence-corrected chi connectivity index (χ0v) is 11.6. The number of rotatable bonds is 5. The van der Waals surface area contributed by atoms with E-state index >= 15 is 0 Å². The Morgan fingerprint density at radius 3 is 2.53 bits per heavy atom. The molecule has 0 heterocycles. The minimum Gasteiger partial charge on any atom is -0.357 e. The van der Waals surface area contributed by atoms with Crippen molar-refractivity contribution in [3.8, 4) is 0 Å². The predicted molar refractivity (Wildman–Crippen MR) is 76.3 cm³/mol. The largest absolute Gasteiger partial charge is 0.357 e. The summed E-state index contributed by atoms with van der Waals surface area (Å²) in [4.78, 5) is 1.41. The molecule has 0 aromatic heterocycles. The highest BCUT2D eigenvalue weighted by atomic mass is 32.1. The molecule has 0 radical (unpaired) electrons. The maximum atomic E-state index is 5.25. The third-order valence-electron chi connectivity index (χ3n) is 2.56. The van der Waals surface area contributed by atoms with Crippen LogP contribution in [-0.4, -0.2) is 32.3 Å². The Balaban J connectivity index is 2.31. The lowest BCUT2D eigenvalue weighted by Crippen LogP contribution is -3.06. The van der Waals surface area contributed by atoms with Gasteiger partial charge in [-0.15, -0.1) is 0 Å². The van der Waals surface area contributed by atoms with Crippen LogP contribution in [0.4, 0.5) is 0 Å². The number of quaternary nitrogens is 1. The molecule has 3 N–H and O–H groups in total. The number of hydrogen-bond acceptors (Lipinski definition) is 1. The van der Waals surface area contributed by atoms with Crippen LogP contribution in [0.1, 0.15) is 18.5 Å². The Hall–Kier alpha value is -1.13. The first-order chi connectivity index (χ1) is 8.09.